The second-order valence-electron chi connectivity index (χ2n) is 6.71. The van der Waals surface area contributed by atoms with Crippen molar-refractivity contribution in [3.8, 4) is 0 Å². The first-order valence-electron chi connectivity index (χ1n) is 8.93. The van der Waals surface area contributed by atoms with Crippen LogP contribution in [0.25, 0.3) is 0 Å². The van der Waals surface area contributed by atoms with Gasteiger partial charge in [-0.1, -0.05) is 24.3 Å². The third-order valence-electron chi connectivity index (χ3n) is 4.85. The molecule has 0 aromatic heterocycles. The highest BCUT2D eigenvalue weighted by Crippen LogP contribution is 2.47. The van der Waals surface area contributed by atoms with Gasteiger partial charge in [-0.15, -0.1) is 0 Å². The molecule has 0 spiro atoms. The average molecular weight is 340 g/mol. The molecule has 1 N–H and O–H groups in total. The van der Waals surface area contributed by atoms with E-state index in [4.69, 9.17) is 0 Å². The number of hydrogen-bond donors (Lipinski definition) is 1. The zero-order valence-corrected chi connectivity index (χ0v) is 14.8. The molecule has 25 heavy (non-hydrogen) atoms. The SMILES string of the molecule is CCN(CCNC(=O)C1CC1c1ccc(F)cc1)c1cccc(C)c1. The molecule has 3 rings (SSSR count). The highest BCUT2D eigenvalue weighted by atomic mass is 19.1. The highest BCUT2D eigenvalue weighted by Gasteiger charge is 2.43. The van der Waals surface area contributed by atoms with Crippen LogP contribution in [0.1, 0.15) is 30.4 Å². The Morgan fingerprint density at radius 1 is 1.24 bits per heavy atom. The zero-order chi connectivity index (χ0) is 17.8. The van der Waals surface area contributed by atoms with Crippen molar-refractivity contribution in [1.29, 1.82) is 0 Å². The molecule has 2 aromatic rings. The lowest BCUT2D eigenvalue weighted by molar-refractivity contribution is -0.122. The van der Waals surface area contributed by atoms with Gasteiger partial charge in [-0.3, -0.25) is 4.79 Å². The van der Waals surface area contributed by atoms with Crippen molar-refractivity contribution in [1.82, 2.24) is 5.32 Å². The summed E-state index contributed by atoms with van der Waals surface area (Å²) in [4.78, 5) is 14.6. The number of benzene rings is 2. The third kappa shape index (κ3) is 4.38. The molecule has 4 heteroatoms. The molecular formula is C21H25FN2O. The quantitative estimate of drug-likeness (QED) is 0.829. The maximum absolute atomic E-state index is 13.0. The fourth-order valence-corrected chi connectivity index (χ4v) is 3.30. The van der Waals surface area contributed by atoms with Gasteiger partial charge in [0, 0.05) is 31.2 Å². The van der Waals surface area contributed by atoms with Gasteiger partial charge in [0.05, 0.1) is 0 Å². The van der Waals surface area contributed by atoms with E-state index in [1.54, 1.807) is 12.1 Å². The second-order valence-corrected chi connectivity index (χ2v) is 6.71. The van der Waals surface area contributed by atoms with Crippen LogP contribution in [0.2, 0.25) is 0 Å². The molecule has 132 valence electrons. The number of hydrogen-bond acceptors (Lipinski definition) is 2. The maximum Gasteiger partial charge on any atom is 0.223 e. The highest BCUT2D eigenvalue weighted by molar-refractivity contribution is 5.82. The second kappa shape index (κ2) is 7.68. The molecule has 1 aliphatic carbocycles. The summed E-state index contributed by atoms with van der Waals surface area (Å²) in [6.07, 6.45) is 0.854. The van der Waals surface area contributed by atoms with E-state index in [0.29, 0.717) is 6.54 Å². The van der Waals surface area contributed by atoms with Crippen LogP contribution in [0, 0.1) is 18.7 Å². The Labute approximate surface area is 148 Å². The van der Waals surface area contributed by atoms with E-state index in [-0.39, 0.29) is 23.6 Å². The van der Waals surface area contributed by atoms with Gasteiger partial charge in [-0.2, -0.15) is 0 Å². The van der Waals surface area contributed by atoms with Gasteiger partial charge in [-0.25, -0.2) is 4.39 Å². The largest absolute Gasteiger partial charge is 0.370 e. The molecule has 0 saturated heterocycles. The monoisotopic (exact) mass is 340 g/mol. The van der Waals surface area contributed by atoms with E-state index in [1.165, 1.54) is 23.4 Å². The summed E-state index contributed by atoms with van der Waals surface area (Å²) in [7, 11) is 0. The summed E-state index contributed by atoms with van der Waals surface area (Å²) in [5.74, 6) is 0.134. The van der Waals surface area contributed by atoms with E-state index in [1.807, 2.05) is 0 Å². The predicted molar refractivity (Wildman–Crippen MR) is 99.3 cm³/mol. The standard InChI is InChI=1S/C21H25FN2O/c1-3-24(18-6-4-5-15(2)13-18)12-11-23-21(25)20-14-19(20)16-7-9-17(22)10-8-16/h4-10,13,19-20H,3,11-12,14H2,1-2H3,(H,23,25). The smallest absolute Gasteiger partial charge is 0.223 e. The number of aryl methyl sites for hydroxylation is 1. The summed E-state index contributed by atoms with van der Waals surface area (Å²) < 4.78 is 13.0. The number of nitrogens with one attached hydrogen (secondary N) is 1. The lowest BCUT2D eigenvalue weighted by atomic mass is 10.1. The Hall–Kier alpha value is -2.36. The molecule has 0 bridgehead atoms. The van der Waals surface area contributed by atoms with Crippen LogP contribution in [-0.2, 0) is 4.79 Å². The number of halogens is 1. The van der Waals surface area contributed by atoms with Crippen LogP contribution in [0.5, 0.6) is 0 Å². The summed E-state index contributed by atoms with van der Waals surface area (Å²) in [6.45, 7) is 6.53. The number of amides is 1. The molecule has 2 atom stereocenters. The van der Waals surface area contributed by atoms with Crippen molar-refractivity contribution >= 4 is 11.6 Å². The Balaban J connectivity index is 1.47. The van der Waals surface area contributed by atoms with Gasteiger partial charge in [0.1, 0.15) is 5.82 Å². The minimum Gasteiger partial charge on any atom is -0.370 e. The minimum atomic E-state index is -0.235. The fourth-order valence-electron chi connectivity index (χ4n) is 3.30. The van der Waals surface area contributed by atoms with E-state index >= 15 is 0 Å². The van der Waals surface area contributed by atoms with Gasteiger partial charge < -0.3 is 10.2 Å². The normalized spacial score (nSPS) is 18.7. The Morgan fingerprint density at radius 3 is 2.68 bits per heavy atom. The summed E-state index contributed by atoms with van der Waals surface area (Å²) >= 11 is 0. The van der Waals surface area contributed by atoms with Gasteiger partial charge >= 0.3 is 0 Å². The van der Waals surface area contributed by atoms with Crippen LogP contribution < -0.4 is 10.2 Å². The summed E-state index contributed by atoms with van der Waals surface area (Å²) in [5.41, 5.74) is 3.48. The number of anilines is 1. The number of likely N-dealkylation sites (N-methyl/N-ethyl adjacent to an activating group) is 1. The number of nitrogens with zero attached hydrogens (tertiary/aromatic N) is 1. The lowest BCUT2D eigenvalue weighted by Crippen LogP contribution is -2.35. The van der Waals surface area contributed by atoms with Gasteiger partial charge in [0.2, 0.25) is 5.91 Å². The van der Waals surface area contributed by atoms with Crippen molar-refractivity contribution in [2.75, 3.05) is 24.5 Å². The molecule has 0 aliphatic heterocycles. The molecule has 1 amide bonds. The molecule has 0 radical (unpaired) electrons. The van der Waals surface area contributed by atoms with Crippen molar-refractivity contribution in [2.45, 2.75) is 26.2 Å². The number of carbonyl (C=O) groups is 1. The van der Waals surface area contributed by atoms with Crippen molar-refractivity contribution < 1.29 is 9.18 Å². The lowest BCUT2D eigenvalue weighted by Gasteiger charge is -2.23. The van der Waals surface area contributed by atoms with E-state index in [2.05, 4.69) is 48.3 Å². The molecule has 1 fully saturated rings. The number of carbonyl (C=O) groups excluding carboxylic acids is 1. The van der Waals surface area contributed by atoms with Crippen LogP contribution in [0.3, 0.4) is 0 Å². The van der Waals surface area contributed by atoms with E-state index in [0.717, 1.165) is 25.1 Å². The van der Waals surface area contributed by atoms with Crippen molar-refractivity contribution in [2.24, 2.45) is 5.92 Å². The Bertz CT molecular complexity index is 729. The van der Waals surface area contributed by atoms with Gasteiger partial charge in [-0.05, 0) is 61.6 Å². The summed E-state index contributed by atoms with van der Waals surface area (Å²) in [6, 6.07) is 14.9. The summed E-state index contributed by atoms with van der Waals surface area (Å²) in [5, 5.41) is 3.05. The molecule has 1 saturated carbocycles. The van der Waals surface area contributed by atoms with Crippen molar-refractivity contribution in [3.05, 3.63) is 65.5 Å². The average Bonchev–Trinajstić information content (AvgIpc) is 3.40. The Kier molecular flexibility index (Phi) is 5.37. The van der Waals surface area contributed by atoms with Crippen LogP contribution in [-0.4, -0.2) is 25.5 Å². The molecular weight excluding hydrogens is 315 g/mol. The van der Waals surface area contributed by atoms with Gasteiger partial charge in [0.15, 0.2) is 0 Å². The molecule has 2 unspecified atom stereocenters. The van der Waals surface area contributed by atoms with Crippen LogP contribution >= 0.6 is 0 Å². The topological polar surface area (TPSA) is 32.3 Å². The molecule has 1 aliphatic rings. The fraction of sp³-hybridized carbons (Fsp3) is 0.381. The first-order chi connectivity index (χ1) is 12.1. The van der Waals surface area contributed by atoms with Crippen LogP contribution in [0.4, 0.5) is 10.1 Å². The molecule has 0 heterocycles. The van der Waals surface area contributed by atoms with E-state index < -0.39 is 0 Å². The molecule has 2 aromatic carbocycles. The first-order valence-corrected chi connectivity index (χ1v) is 8.93. The predicted octanol–water partition coefficient (Wildman–Crippen LogP) is 3.88. The zero-order valence-electron chi connectivity index (χ0n) is 14.8. The first kappa shape index (κ1) is 17.5. The van der Waals surface area contributed by atoms with Gasteiger partial charge in [0.25, 0.3) is 0 Å². The number of rotatable bonds is 7. The minimum absolute atomic E-state index is 0.0273. The molecule has 3 nitrogen and oxygen atoms in total. The van der Waals surface area contributed by atoms with E-state index in [9.17, 15) is 9.18 Å². The van der Waals surface area contributed by atoms with Crippen molar-refractivity contribution in [3.63, 3.8) is 0 Å². The van der Waals surface area contributed by atoms with Crippen LogP contribution in [0.15, 0.2) is 48.5 Å². The third-order valence-corrected chi connectivity index (χ3v) is 4.85. The Morgan fingerprint density at radius 2 is 2.00 bits per heavy atom. The maximum atomic E-state index is 13.0.